The average Bonchev–Trinajstić information content (AvgIpc) is 3.25. The second-order valence-corrected chi connectivity index (χ2v) is 7.17. The van der Waals surface area contributed by atoms with Crippen molar-refractivity contribution in [2.45, 2.75) is 25.5 Å². The van der Waals surface area contributed by atoms with Crippen LogP contribution < -0.4 is 16.1 Å². The summed E-state index contributed by atoms with van der Waals surface area (Å²) in [6.07, 6.45) is 2.81. The van der Waals surface area contributed by atoms with Crippen LogP contribution in [0.15, 0.2) is 46.1 Å². The van der Waals surface area contributed by atoms with Crippen molar-refractivity contribution >= 4 is 11.6 Å². The molecule has 0 bridgehead atoms. The number of piperazine rings is 1. The van der Waals surface area contributed by atoms with E-state index in [1.54, 1.807) is 4.90 Å². The molecule has 3 heterocycles. The Morgan fingerprint density at radius 2 is 1.86 bits per heavy atom. The second-order valence-electron chi connectivity index (χ2n) is 7.17. The molecule has 28 heavy (non-hydrogen) atoms. The second kappa shape index (κ2) is 8.02. The molecule has 2 aliphatic rings. The van der Waals surface area contributed by atoms with Crippen molar-refractivity contribution in [1.82, 2.24) is 14.5 Å². The number of amides is 1. The smallest absolute Gasteiger partial charge is 0.328 e. The van der Waals surface area contributed by atoms with Crippen molar-refractivity contribution in [3.8, 4) is 0 Å². The van der Waals surface area contributed by atoms with Gasteiger partial charge in [0.1, 0.15) is 5.56 Å². The van der Waals surface area contributed by atoms with E-state index < -0.39 is 11.2 Å². The Labute approximate surface area is 162 Å². The lowest BCUT2D eigenvalue weighted by atomic mass is 10.2. The maximum atomic E-state index is 12.9. The van der Waals surface area contributed by atoms with E-state index in [4.69, 9.17) is 4.74 Å². The summed E-state index contributed by atoms with van der Waals surface area (Å²) >= 11 is 0. The van der Waals surface area contributed by atoms with Gasteiger partial charge >= 0.3 is 5.69 Å². The van der Waals surface area contributed by atoms with Gasteiger partial charge in [0.25, 0.3) is 11.5 Å². The first-order valence-electron chi connectivity index (χ1n) is 9.67. The van der Waals surface area contributed by atoms with Gasteiger partial charge in [-0.15, -0.1) is 0 Å². The Morgan fingerprint density at radius 3 is 2.54 bits per heavy atom. The minimum Gasteiger partial charge on any atom is -0.376 e. The Balaban J connectivity index is 1.48. The highest BCUT2D eigenvalue weighted by atomic mass is 16.5. The molecule has 2 aliphatic heterocycles. The topological polar surface area (TPSA) is 87.6 Å². The first-order valence-corrected chi connectivity index (χ1v) is 9.67. The maximum Gasteiger partial charge on any atom is 0.328 e. The molecule has 148 valence electrons. The summed E-state index contributed by atoms with van der Waals surface area (Å²) in [5.74, 6) is -0.338. The van der Waals surface area contributed by atoms with E-state index in [9.17, 15) is 14.4 Å². The van der Waals surface area contributed by atoms with Gasteiger partial charge in [0.05, 0.1) is 12.6 Å². The van der Waals surface area contributed by atoms with Gasteiger partial charge in [0, 0.05) is 44.7 Å². The van der Waals surface area contributed by atoms with E-state index in [1.165, 1.54) is 6.20 Å². The summed E-state index contributed by atoms with van der Waals surface area (Å²) in [6, 6.07) is 10.0. The van der Waals surface area contributed by atoms with Crippen molar-refractivity contribution in [2.75, 3.05) is 37.7 Å². The van der Waals surface area contributed by atoms with Gasteiger partial charge in [-0.25, -0.2) is 4.79 Å². The quantitative estimate of drug-likeness (QED) is 0.838. The van der Waals surface area contributed by atoms with Crippen molar-refractivity contribution in [2.24, 2.45) is 0 Å². The molecule has 8 heteroatoms. The summed E-state index contributed by atoms with van der Waals surface area (Å²) in [4.78, 5) is 44.2. The van der Waals surface area contributed by atoms with Gasteiger partial charge in [0.15, 0.2) is 0 Å². The number of nitrogens with one attached hydrogen (secondary N) is 1. The third-order valence-corrected chi connectivity index (χ3v) is 5.39. The van der Waals surface area contributed by atoms with Crippen LogP contribution in [0.5, 0.6) is 0 Å². The predicted molar refractivity (Wildman–Crippen MR) is 105 cm³/mol. The molecule has 0 spiro atoms. The van der Waals surface area contributed by atoms with Crippen molar-refractivity contribution in [1.29, 1.82) is 0 Å². The molecule has 2 fully saturated rings. The molecular formula is C20H24N4O4. The highest BCUT2D eigenvalue weighted by Crippen LogP contribution is 2.16. The monoisotopic (exact) mass is 384 g/mol. The fourth-order valence-corrected chi connectivity index (χ4v) is 3.80. The summed E-state index contributed by atoms with van der Waals surface area (Å²) in [5.41, 5.74) is 0.0732. The highest BCUT2D eigenvalue weighted by Gasteiger charge is 2.26. The average molecular weight is 384 g/mol. The van der Waals surface area contributed by atoms with Gasteiger partial charge in [0.2, 0.25) is 0 Å². The van der Waals surface area contributed by atoms with Crippen LogP contribution in [0.4, 0.5) is 5.69 Å². The number of H-pyrrole nitrogens is 1. The maximum absolute atomic E-state index is 12.9. The van der Waals surface area contributed by atoms with Crippen LogP contribution in [0.25, 0.3) is 0 Å². The standard InChI is InChI=1S/C20H24N4O4/c25-18(23-10-8-22(9-11-23)15-5-2-1-3-6-15)17-13-21-20(27)24(19(17)26)14-16-7-4-12-28-16/h1-3,5-6,13,16H,4,7-12,14H2,(H,21,27). The number of rotatable bonds is 4. The van der Waals surface area contributed by atoms with Crippen LogP contribution in [0.3, 0.4) is 0 Å². The van der Waals surface area contributed by atoms with Crippen molar-refractivity contribution in [3.05, 3.63) is 62.9 Å². The number of carbonyl (C=O) groups excluding carboxylic acids is 1. The zero-order valence-corrected chi connectivity index (χ0v) is 15.7. The number of hydrogen-bond donors (Lipinski definition) is 1. The Kier molecular flexibility index (Phi) is 5.29. The Bertz CT molecular complexity index is 939. The molecule has 2 saturated heterocycles. The molecule has 1 aromatic carbocycles. The first-order chi connectivity index (χ1) is 13.6. The normalized spacial score (nSPS) is 19.8. The minimum absolute atomic E-state index is 0.00533. The molecule has 1 aromatic heterocycles. The fraction of sp³-hybridized carbons (Fsp3) is 0.450. The van der Waals surface area contributed by atoms with Gasteiger partial charge in [-0.1, -0.05) is 18.2 Å². The summed E-state index contributed by atoms with van der Waals surface area (Å²) in [7, 11) is 0. The number of para-hydroxylation sites is 1. The number of benzene rings is 1. The molecule has 1 atom stereocenters. The van der Waals surface area contributed by atoms with Gasteiger partial charge in [-0.3, -0.25) is 14.2 Å². The van der Waals surface area contributed by atoms with Crippen LogP contribution >= 0.6 is 0 Å². The van der Waals surface area contributed by atoms with Crippen LogP contribution in [0, 0.1) is 0 Å². The van der Waals surface area contributed by atoms with Crippen LogP contribution in [-0.2, 0) is 11.3 Å². The van der Waals surface area contributed by atoms with Gasteiger partial charge in [-0.2, -0.15) is 0 Å². The predicted octanol–water partition coefficient (Wildman–Crippen LogP) is 0.678. The van der Waals surface area contributed by atoms with Gasteiger partial charge in [-0.05, 0) is 25.0 Å². The Morgan fingerprint density at radius 1 is 1.11 bits per heavy atom. The molecule has 4 rings (SSSR count). The number of anilines is 1. The fourth-order valence-electron chi connectivity index (χ4n) is 3.80. The zero-order valence-electron chi connectivity index (χ0n) is 15.7. The summed E-state index contributed by atoms with van der Waals surface area (Å²) in [6.45, 7) is 3.27. The molecule has 1 unspecified atom stereocenters. The van der Waals surface area contributed by atoms with E-state index in [0.29, 0.717) is 32.8 Å². The zero-order chi connectivity index (χ0) is 19.5. The summed E-state index contributed by atoms with van der Waals surface area (Å²) < 4.78 is 6.61. The number of hydrogen-bond acceptors (Lipinski definition) is 5. The number of aromatic amines is 1. The van der Waals surface area contributed by atoms with Crippen LogP contribution in [-0.4, -0.2) is 59.2 Å². The van der Waals surface area contributed by atoms with E-state index in [-0.39, 0.29) is 24.1 Å². The molecular weight excluding hydrogens is 360 g/mol. The Hall–Kier alpha value is -2.87. The SMILES string of the molecule is O=C(c1c[nH]c(=O)n(CC2CCCO2)c1=O)N1CCN(c2ccccc2)CC1. The number of aromatic nitrogens is 2. The van der Waals surface area contributed by atoms with E-state index in [1.807, 2.05) is 30.3 Å². The summed E-state index contributed by atoms with van der Waals surface area (Å²) in [5, 5.41) is 0. The molecule has 2 aromatic rings. The lowest BCUT2D eigenvalue weighted by Crippen LogP contribution is -2.51. The molecule has 8 nitrogen and oxygen atoms in total. The van der Waals surface area contributed by atoms with Gasteiger partial charge < -0.3 is 19.5 Å². The number of carbonyl (C=O) groups is 1. The largest absolute Gasteiger partial charge is 0.376 e. The van der Waals surface area contributed by atoms with Crippen LogP contribution in [0.2, 0.25) is 0 Å². The number of nitrogens with zero attached hydrogens (tertiary/aromatic N) is 3. The minimum atomic E-state index is -0.547. The number of ether oxygens (including phenoxy) is 1. The van der Waals surface area contributed by atoms with E-state index in [0.717, 1.165) is 23.1 Å². The van der Waals surface area contributed by atoms with Crippen LogP contribution in [0.1, 0.15) is 23.2 Å². The lowest BCUT2D eigenvalue weighted by molar-refractivity contribution is 0.0739. The highest BCUT2D eigenvalue weighted by molar-refractivity contribution is 5.93. The third-order valence-electron chi connectivity index (χ3n) is 5.39. The first kappa shape index (κ1) is 18.5. The van der Waals surface area contributed by atoms with E-state index >= 15 is 0 Å². The lowest BCUT2D eigenvalue weighted by Gasteiger charge is -2.36. The molecule has 0 radical (unpaired) electrons. The van der Waals surface area contributed by atoms with Crippen molar-refractivity contribution in [3.63, 3.8) is 0 Å². The molecule has 0 saturated carbocycles. The third kappa shape index (κ3) is 3.73. The van der Waals surface area contributed by atoms with Crippen molar-refractivity contribution < 1.29 is 9.53 Å². The molecule has 1 N–H and O–H groups in total. The molecule has 1 amide bonds. The molecule has 0 aliphatic carbocycles. The van der Waals surface area contributed by atoms with E-state index in [2.05, 4.69) is 9.88 Å².